The van der Waals surface area contributed by atoms with Crippen LogP contribution in [0.3, 0.4) is 0 Å². The van der Waals surface area contributed by atoms with Gasteiger partial charge in [0.15, 0.2) is 0 Å². The highest BCUT2D eigenvalue weighted by atomic mass is 28.3. The second-order valence-corrected chi connectivity index (χ2v) is 6.45. The third kappa shape index (κ3) is 4.52. The quantitative estimate of drug-likeness (QED) is 0.343. The van der Waals surface area contributed by atoms with Gasteiger partial charge in [0.1, 0.15) is 6.10 Å². The summed E-state index contributed by atoms with van der Waals surface area (Å²) >= 11 is 0. The fourth-order valence-electron chi connectivity index (χ4n) is 1.35. The molecule has 1 fully saturated rings. The molecule has 1 aliphatic heterocycles. The van der Waals surface area contributed by atoms with Crippen LogP contribution in [0.4, 0.5) is 0 Å². The van der Waals surface area contributed by atoms with E-state index in [1.165, 1.54) is 0 Å². The first kappa shape index (κ1) is 12.1. The maximum atomic E-state index is 5.45. The molecule has 0 spiro atoms. The van der Waals surface area contributed by atoms with Gasteiger partial charge in [-0.3, -0.25) is 0 Å². The van der Waals surface area contributed by atoms with Gasteiger partial charge in [-0.05, 0) is 12.0 Å². The number of rotatable bonds is 8. The average Bonchev–Trinajstić information content (AvgIpc) is 2.98. The summed E-state index contributed by atoms with van der Waals surface area (Å²) in [5, 5.41) is 0. The number of epoxide rings is 1. The minimum Gasteiger partial charge on any atom is -0.400 e. The normalized spacial score (nSPS) is 22.7. The van der Waals surface area contributed by atoms with Gasteiger partial charge in [-0.2, -0.15) is 0 Å². The van der Waals surface area contributed by atoms with Crippen molar-refractivity contribution in [3.05, 3.63) is 0 Å². The molecule has 0 radical (unpaired) electrons. The van der Waals surface area contributed by atoms with Crippen LogP contribution in [-0.2, 0) is 18.3 Å². The van der Waals surface area contributed by atoms with Gasteiger partial charge in [0.2, 0.25) is 0 Å². The maximum Gasteiger partial charge on any atom is 0.323 e. The Morgan fingerprint density at radius 1 is 1.43 bits per heavy atom. The molecule has 2 unspecified atom stereocenters. The van der Waals surface area contributed by atoms with Crippen LogP contribution in [0.1, 0.15) is 13.3 Å². The molecule has 0 N–H and O–H groups in total. The van der Waals surface area contributed by atoms with Crippen molar-refractivity contribution in [3.8, 4) is 0 Å². The Morgan fingerprint density at radius 2 is 2.07 bits per heavy atom. The van der Waals surface area contributed by atoms with Crippen LogP contribution in [-0.4, -0.2) is 49.4 Å². The van der Waals surface area contributed by atoms with Crippen molar-refractivity contribution < 1.29 is 18.3 Å². The van der Waals surface area contributed by atoms with Crippen LogP contribution >= 0.6 is 0 Å². The lowest BCUT2D eigenvalue weighted by Gasteiger charge is -2.18. The van der Waals surface area contributed by atoms with Crippen LogP contribution in [0.5, 0.6) is 0 Å². The van der Waals surface area contributed by atoms with Crippen molar-refractivity contribution in [3.63, 3.8) is 0 Å². The molecule has 0 aliphatic carbocycles. The molecule has 0 aromatic heterocycles. The Hall–Kier alpha value is 0.0569. The van der Waals surface area contributed by atoms with E-state index in [4.69, 9.17) is 18.3 Å². The third-order valence-electron chi connectivity index (χ3n) is 2.35. The molecule has 1 rings (SSSR count). The van der Waals surface area contributed by atoms with Gasteiger partial charge in [-0.1, -0.05) is 6.92 Å². The van der Waals surface area contributed by atoms with Gasteiger partial charge in [-0.25, -0.2) is 0 Å². The van der Waals surface area contributed by atoms with Gasteiger partial charge >= 0.3 is 9.28 Å². The van der Waals surface area contributed by atoms with E-state index in [0.29, 0.717) is 11.6 Å². The summed E-state index contributed by atoms with van der Waals surface area (Å²) < 4.78 is 21.1. The molecule has 0 amide bonds. The van der Waals surface area contributed by atoms with Crippen molar-refractivity contribution in [1.82, 2.24) is 0 Å². The Morgan fingerprint density at radius 3 is 2.57 bits per heavy atom. The standard InChI is InChI=1S/C9H20O4Si/c1-8(14(10-2)11-3)4-5-12-6-9-7-13-9/h8-9,14H,4-7H2,1-3H3. The molecule has 1 aliphatic rings. The minimum absolute atomic E-state index is 0.364. The summed E-state index contributed by atoms with van der Waals surface area (Å²) in [6.45, 7) is 4.53. The predicted molar refractivity (Wildman–Crippen MR) is 55.8 cm³/mol. The van der Waals surface area contributed by atoms with E-state index >= 15 is 0 Å². The van der Waals surface area contributed by atoms with E-state index in [2.05, 4.69) is 6.92 Å². The number of ether oxygens (including phenoxy) is 2. The van der Waals surface area contributed by atoms with Crippen LogP contribution in [0.25, 0.3) is 0 Å². The second-order valence-electron chi connectivity index (χ2n) is 3.64. The van der Waals surface area contributed by atoms with Crippen LogP contribution in [0.15, 0.2) is 0 Å². The molecule has 0 aromatic carbocycles. The lowest BCUT2D eigenvalue weighted by atomic mass is 10.3. The van der Waals surface area contributed by atoms with Crippen LogP contribution in [0, 0.1) is 0 Å². The molecule has 5 heteroatoms. The van der Waals surface area contributed by atoms with Crippen molar-refractivity contribution in [1.29, 1.82) is 0 Å². The lowest BCUT2D eigenvalue weighted by Crippen LogP contribution is -2.25. The van der Waals surface area contributed by atoms with E-state index in [0.717, 1.165) is 26.2 Å². The fraction of sp³-hybridized carbons (Fsp3) is 1.00. The molecule has 2 atom stereocenters. The van der Waals surface area contributed by atoms with E-state index in [-0.39, 0.29) is 0 Å². The summed E-state index contributed by atoms with van der Waals surface area (Å²) in [6, 6.07) is 0. The molecule has 1 heterocycles. The van der Waals surface area contributed by atoms with E-state index in [9.17, 15) is 0 Å². The van der Waals surface area contributed by atoms with Gasteiger partial charge in [0.25, 0.3) is 0 Å². The summed E-state index contributed by atoms with van der Waals surface area (Å²) in [5.74, 6) is 0. The molecule has 1 saturated heterocycles. The largest absolute Gasteiger partial charge is 0.400 e. The highest BCUT2D eigenvalue weighted by Gasteiger charge is 2.23. The zero-order chi connectivity index (χ0) is 10.4. The van der Waals surface area contributed by atoms with Crippen molar-refractivity contribution in [2.75, 3.05) is 34.0 Å². The van der Waals surface area contributed by atoms with Gasteiger partial charge < -0.3 is 18.3 Å². The first-order chi connectivity index (χ1) is 6.77. The Kier molecular flexibility index (Phi) is 5.65. The first-order valence-corrected chi connectivity index (χ1v) is 6.63. The Bertz CT molecular complexity index is 148. The van der Waals surface area contributed by atoms with E-state index < -0.39 is 9.28 Å². The highest BCUT2D eigenvalue weighted by Crippen LogP contribution is 2.16. The SMILES string of the molecule is CO[SiH](OC)C(C)CCOCC1CO1. The number of hydrogen-bond donors (Lipinski definition) is 0. The molecule has 0 saturated carbocycles. The van der Waals surface area contributed by atoms with Gasteiger partial charge in [-0.15, -0.1) is 0 Å². The van der Waals surface area contributed by atoms with Crippen molar-refractivity contribution in [2.24, 2.45) is 0 Å². The predicted octanol–water partition coefficient (Wildman–Crippen LogP) is 0.695. The van der Waals surface area contributed by atoms with Crippen molar-refractivity contribution in [2.45, 2.75) is 25.0 Å². The summed E-state index contributed by atoms with van der Waals surface area (Å²) in [5.41, 5.74) is 0.491. The van der Waals surface area contributed by atoms with Gasteiger partial charge in [0, 0.05) is 20.8 Å². The van der Waals surface area contributed by atoms with Crippen LogP contribution < -0.4 is 0 Å². The first-order valence-electron chi connectivity index (χ1n) is 5.03. The van der Waals surface area contributed by atoms with Crippen molar-refractivity contribution >= 4 is 9.28 Å². The minimum atomic E-state index is -1.45. The monoisotopic (exact) mass is 220 g/mol. The Labute approximate surface area is 87.3 Å². The van der Waals surface area contributed by atoms with E-state index in [1.54, 1.807) is 14.2 Å². The topological polar surface area (TPSA) is 40.2 Å². The van der Waals surface area contributed by atoms with Crippen LogP contribution in [0.2, 0.25) is 5.54 Å². The van der Waals surface area contributed by atoms with Gasteiger partial charge in [0.05, 0.1) is 13.2 Å². The molecule has 0 bridgehead atoms. The number of hydrogen-bond acceptors (Lipinski definition) is 4. The highest BCUT2D eigenvalue weighted by molar-refractivity contribution is 6.46. The molecule has 0 aromatic rings. The average molecular weight is 220 g/mol. The second kappa shape index (κ2) is 6.52. The molecule has 84 valence electrons. The summed E-state index contributed by atoms with van der Waals surface area (Å²) in [6.07, 6.45) is 1.37. The van der Waals surface area contributed by atoms with E-state index in [1.807, 2.05) is 0 Å². The zero-order valence-corrected chi connectivity index (χ0v) is 10.3. The molecule has 4 nitrogen and oxygen atoms in total. The summed E-state index contributed by atoms with van der Waals surface area (Å²) in [7, 11) is 1.99. The zero-order valence-electron chi connectivity index (χ0n) is 9.19. The maximum absolute atomic E-state index is 5.45. The lowest BCUT2D eigenvalue weighted by molar-refractivity contribution is 0.111. The third-order valence-corrected chi connectivity index (χ3v) is 4.54. The summed E-state index contributed by atoms with van der Waals surface area (Å²) in [4.78, 5) is 0. The smallest absolute Gasteiger partial charge is 0.323 e. The molecular weight excluding hydrogens is 200 g/mol. The molecular formula is C9H20O4Si. The molecule has 14 heavy (non-hydrogen) atoms. The fourth-order valence-corrected chi connectivity index (χ4v) is 2.88. The Balaban J connectivity index is 1.97.